The van der Waals surface area contributed by atoms with Crippen LogP contribution in [0.3, 0.4) is 0 Å². The normalized spacial score (nSPS) is 13.4. The maximum atomic E-state index is 12.4. The number of benzene rings is 1. The fraction of sp³-hybridized carbons (Fsp3) is 0.0769. The molecule has 3 rings (SSSR count). The van der Waals surface area contributed by atoms with Crippen LogP contribution in [0.2, 0.25) is 5.02 Å². The first-order chi connectivity index (χ1) is 9.56. The van der Waals surface area contributed by atoms with Crippen LogP contribution >= 0.6 is 27.5 Å². The van der Waals surface area contributed by atoms with Crippen molar-refractivity contribution in [3.8, 4) is 5.75 Å². The molecule has 0 radical (unpaired) electrons. The molecule has 1 N–H and O–H groups in total. The largest absolute Gasteiger partial charge is 0.482 e. The summed E-state index contributed by atoms with van der Waals surface area (Å²) in [7, 11) is 0. The Kier molecular flexibility index (Phi) is 3.27. The Balaban J connectivity index is 2.05. The predicted molar refractivity (Wildman–Crippen MR) is 75.4 cm³/mol. The summed E-state index contributed by atoms with van der Waals surface area (Å²) in [5.41, 5.74) is 1.10. The van der Waals surface area contributed by atoms with E-state index in [1.165, 1.54) is 18.4 Å². The molecule has 0 spiro atoms. The van der Waals surface area contributed by atoms with Crippen molar-refractivity contribution < 1.29 is 18.7 Å². The number of ether oxygens (including phenoxy) is 1. The Hall–Kier alpha value is -1.79. The van der Waals surface area contributed by atoms with Crippen molar-refractivity contribution in [2.75, 3.05) is 11.9 Å². The fourth-order valence-electron chi connectivity index (χ4n) is 1.87. The predicted octanol–water partition coefficient (Wildman–Crippen LogP) is 3.26. The van der Waals surface area contributed by atoms with E-state index in [1.807, 2.05) is 0 Å². The maximum absolute atomic E-state index is 12.4. The molecular weight excluding hydrogens is 350 g/mol. The van der Waals surface area contributed by atoms with E-state index in [0.717, 1.165) is 0 Å². The van der Waals surface area contributed by atoms with Crippen LogP contribution in [0.25, 0.3) is 0 Å². The number of hydrogen-bond acceptors (Lipinski definition) is 4. The minimum Gasteiger partial charge on any atom is -0.482 e. The van der Waals surface area contributed by atoms with Gasteiger partial charge >= 0.3 is 0 Å². The number of nitrogens with one attached hydrogen (secondary N) is 1. The number of carbonyl (C=O) groups excluding carboxylic acids is 2. The number of furan rings is 1. The molecule has 1 amide bonds. The van der Waals surface area contributed by atoms with Gasteiger partial charge in [0.1, 0.15) is 5.75 Å². The Labute approximate surface area is 127 Å². The van der Waals surface area contributed by atoms with E-state index in [2.05, 4.69) is 21.2 Å². The lowest BCUT2D eigenvalue weighted by Crippen LogP contribution is -2.25. The van der Waals surface area contributed by atoms with Gasteiger partial charge in [0.25, 0.3) is 5.91 Å². The van der Waals surface area contributed by atoms with Crippen LogP contribution < -0.4 is 10.1 Å². The molecular formula is C13H7BrClNO4. The van der Waals surface area contributed by atoms with Gasteiger partial charge < -0.3 is 14.5 Å². The highest BCUT2D eigenvalue weighted by molar-refractivity contribution is 9.10. The molecule has 1 aromatic heterocycles. The second-order valence-electron chi connectivity index (χ2n) is 4.10. The van der Waals surface area contributed by atoms with Crippen molar-refractivity contribution in [2.45, 2.75) is 0 Å². The first-order valence-corrected chi connectivity index (χ1v) is 6.77. The lowest BCUT2D eigenvalue weighted by Gasteiger charge is -2.19. The second kappa shape index (κ2) is 4.96. The van der Waals surface area contributed by atoms with Crippen LogP contribution in [0.15, 0.2) is 33.5 Å². The van der Waals surface area contributed by atoms with Crippen LogP contribution in [-0.4, -0.2) is 18.3 Å². The van der Waals surface area contributed by atoms with Gasteiger partial charge in [-0.2, -0.15) is 0 Å². The Morgan fingerprint density at radius 1 is 1.35 bits per heavy atom. The molecule has 1 aliphatic rings. The molecule has 0 saturated heterocycles. The van der Waals surface area contributed by atoms with E-state index in [1.54, 1.807) is 6.07 Å². The molecule has 7 heteroatoms. The summed E-state index contributed by atoms with van der Waals surface area (Å²) in [6, 6.07) is 4.55. The molecule has 2 heterocycles. The Morgan fingerprint density at radius 3 is 2.85 bits per heavy atom. The highest BCUT2D eigenvalue weighted by Gasteiger charge is 2.23. The first kappa shape index (κ1) is 13.2. The van der Waals surface area contributed by atoms with Gasteiger partial charge in [0.15, 0.2) is 17.1 Å². The Bertz CT molecular complexity index is 725. The molecule has 102 valence electrons. The SMILES string of the molecule is O=C1COc2cc(C(=O)c3ccoc3Br)c(Cl)cc2N1. The van der Waals surface area contributed by atoms with E-state index < -0.39 is 0 Å². The average Bonchev–Trinajstić information content (AvgIpc) is 2.83. The summed E-state index contributed by atoms with van der Waals surface area (Å²) in [6.45, 7) is -0.0856. The van der Waals surface area contributed by atoms with Gasteiger partial charge in [-0.3, -0.25) is 9.59 Å². The van der Waals surface area contributed by atoms with Crippen molar-refractivity contribution in [1.29, 1.82) is 0 Å². The van der Waals surface area contributed by atoms with E-state index in [0.29, 0.717) is 21.7 Å². The number of halogens is 2. The third-order valence-electron chi connectivity index (χ3n) is 2.81. The van der Waals surface area contributed by atoms with Crippen molar-refractivity contribution in [3.05, 3.63) is 45.3 Å². The highest BCUT2D eigenvalue weighted by Crippen LogP contribution is 2.35. The third kappa shape index (κ3) is 2.21. The van der Waals surface area contributed by atoms with Crippen molar-refractivity contribution in [1.82, 2.24) is 0 Å². The fourth-order valence-corrected chi connectivity index (χ4v) is 2.54. The molecule has 0 atom stereocenters. The maximum Gasteiger partial charge on any atom is 0.262 e. The summed E-state index contributed by atoms with van der Waals surface area (Å²) >= 11 is 9.25. The van der Waals surface area contributed by atoms with E-state index >= 15 is 0 Å². The summed E-state index contributed by atoms with van der Waals surface area (Å²) in [4.78, 5) is 23.6. The number of anilines is 1. The number of carbonyl (C=O) groups is 2. The molecule has 0 aliphatic carbocycles. The smallest absolute Gasteiger partial charge is 0.262 e. The van der Waals surface area contributed by atoms with E-state index in [9.17, 15) is 9.59 Å². The van der Waals surface area contributed by atoms with Crippen LogP contribution in [0.1, 0.15) is 15.9 Å². The summed E-state index contributed by atoms with van der Waals surface area (Å²) in [6.07, 6.45) is 1.40. The molecule has 0 saturated carbocycles. The monoisotopic (exact) mass is 355 g/mol. The Morgan fingerprint density at radius 2 is 2.15 bits per heavy atom. The number of rotatable bonds is 2. The minimum absolute atomic E-state index is 0.0856. The lowest BCUT2D eigenvalue weighted by molar-refractivity contribution is -0.118. The molecule has 1 aliphatic heterocycles. The summed E-state index contributed by atoms with van der Waals surface area (Å²) in [5.74, 6) is -0.138. The van der Waals surface area contributed by atoms with Gasteiger partial charge in [-0.1, -0.05) is 11.6 Å². The van der Waals surface area contributed by atoms with Crippen LogP contribution in [0, 0.1) is 0 Å². The van der Waals surface area contributed by atoms with E-state index in [4.69, 9.17) is 20.8 Å². The molecule has 0 unspecified atom stereocenters. The number of amides is 1. The van der Waals surface area contributed by atoms with Gasteiger partial charge in [-0.25, -0.2) is 0 Å². The summed E-state index contributed by atoms with van der Waals surface area (Å²) in [5, 5.41) is 2.85. The van der Waals surface area contributed by atoms with Crippen LogP contribution in [-0.2, 0) is 4.79 Å². The van der Waals surface area contributed by atoms with Gasteiger partial charge in [0.05, 0.1) is 22.5 Å². The molecule has 20 heavy (non-hydrogen) atoms. The lowest BCUT2D eigenvalue weighted by atomic mass is 10.0. The second-order valence-corrected chi connectivity index (χ2v) is 5.23. The van der Waals surface area contributed by atoms with Gasteiger partial charge in [-0.15, -0.1) is 0 Å². The molecule has 2 aromatic rings. The van der Waals surface area contributed by atoms with Gasteiger partial charge in [-0.05, 0) is 34.1 Å². The zero-order valence-corrected chi connectivity index (χ0v) is 12.2. The first-order valence-electron chi connectivity index (χ1n) is 5.60. The highest BCUT2D eigenvalue weighted by atomic mass is 79.9. The quantitative estimate of drug-likeness (QED) is 0.839. The van der Waals surface area contributed by atoms with Crippen LogP contribution in [0.4, 0.5) is 5.69 Å². The number of fused-ring (bicyclic) bond motifs is 1. The molecule has 0 bridgehead atoms. The van der Waals surface area contributed by atoms with Crippen molar-refractivity contribution in [2.24, 2.45) is 0 Å². The minimum atomic E-state index is -0.293. The average molecular weight is 357 g/mol. The number of ketones is 1. The van der Waals surface area contributed by atoms with Crippen molar-refractivity contribution in [3.63, 3.8) is 0 Å². The third-order valence-corrected chi connectivity index (χ3v) is 3.74. The van der Waals surface area contributed by atoms with Gasteiger partial charge in [0.2, 0.25) is 0 Å². The zero-order chi connectivity index (χ0) is 14.3. The molecule has 5 nitrogen and oxygen atoms in total. The van der Waals surface area contributed by atoms with E-state index in [-0.39, 0.29) is 28.9 Å². The number of hydrogen-bond donors (Lipinski definition) is 1. The zero-order valence-electron chi connectivity index (χ0n) is 9.91. The van der Waals surface area contributed by atoms with Crippen LogP contribution in [0.5, 0.6) is 5.75 Å². The molecule has 0 fully saturated rings. The standard InChI is InChI=1S/C13H7BrClNO4/c14-13-6(1-2-19-13)12(18)7-3-10-9(4-8(7)15)16-11(17)5-20-10/h1-4H,5H2,(H,16,17). The van der Waals surface area contributed by atoms with Crippen molar-refractivity contribution >= 4 is 44.9 Å². The van der Waals surface area contributed by atoms with Gasteiger partial charge in [0, 0.05) is 5.56 Å². The summed E-state index contributed by atoms with van der Waals surface area (Å²) < 4.78 is 10.6. The molecule has 1 aromatic carbocycles. The topological polar surface area (TPSA) is 68.5 Å².